The van der Waals surface area contributed by atoms with Crippen LogP contribution in [0.25, 0.3) is 0 Å². The average molecular weight is 516 g/mol. The molecule has 1 aromatic rings. The Morgan fingerprint density at radius 2 is 0.892 bits per heavy atom. The highest BCUT2D eigenvalue weighted by Crippen LogP contribution is 2.16. The van der Waals surface area contributed by atoms with Crippen molar-refractivity contribution in [2.24, 2.45) is 0 Å². The van der Waals surface area contributed by atoms with E-state index in [1.807, 2.05) is 6.07 Å². The van der Waals surface area contributed by atoms with Crippen LogP contribution in [0.1, 0.15) is 184 Å². The molecule has 0 unspecified atom stereocenters. The van der Waals surface area contributed by atoms with Crippen LogP contribution in [0.5, 0.6) is 0 Å². The van der Waals surface area contributed by atoms with Crippen LogP contribution in [0, 0.1) is 0 Å². The minimum Gasteiger partial charge on any atom is -0.461 e. The van der Waals surface area contributed by atoms with Crippen molar-refractivity contribution >= 4 is 5.97 Å². The molecule has 1 rings (SSSR count). The molecule has 1 aromatic heterocycles. The molecule has 0 amide bonds. The molecule has 37 heavy (non-hydrogen) atoms. The van der Waals surface area contributed by atoms with E-state index in [9.17, 15) is 4.79 Å². The molecule has 0 atom stereocenters. The third-order valence-electron chi connectivity index (χ3n) is 7.61. The lowest BCUT2D eigenvalue weighted by Crippen LogP contribution is -2.08. The number of carbonyl (C=O) groups excluding carboxylic acids is 1. The first kappa shape index (κ1) is 33.6. The third kappa shape index (κ3) is 23.5. The fourth-order valence-corrected chi connectivity index (χ4v) is 5.14. The van der Waals surface area contributed by atoms with Crippen LogP contribution in [-0.4, -0.2) is 17.6 Å². The molecule has 0 saturated heterocycles. The van der Waals surface area contributed by atoms with Crippen molar-refractivity contribution in [1.29, 1.82) is 0 Å². The van der Waals surface area contributed by atoms with E-state index in [0.717, 1.165) is 12.8 Å². The third-order valence-corrected chi connectivity index (χ3v) is 7.61. The van der Waals surface area contributed by atoms with Crippen LogP contribution in [-0.2, 0) is 4.74 Å². The van der Waals surface area contributed by atoms with Gasteiger partial charge in [0.15, 0.2) is 0 Å². The van der Waals surface area contributed by atoms with Crippen LogP contribution in [0.15, 0.2) is 24.4 Å². The Morgan fingerprint density at radius 1 is 0.541 bits per heavy atom. The van der Waals surface area contributed by atoms with Gasteiger partial charge < -0.3 is 4.74 Å². The quantitative estimate of drug-likeness (QED) is 0.0822. The zero-order chi connectivity index (χ0) is 26.5. The monoisotopic (exact) mass is 515 g/mol. The molecule has 0 fully saturated rings. The van der Waals surface area contributed by atoms with E-state index in [1.165, 1.54) is 154 Å². The number of hydrogen-bond donors (Lipinski definition) is 0. The molecule has 3 heteroatoms. The van der Waals surface area contributed by atoms with E-state index in [4.69, 9.17) is 4.74 Å². The first-order valence-corrected chi connectivity index (χ1v) is 16.4. The Hall–Kier alpha value is -1.38. The highest BCUT2D eigenvalue weighted by atomic mass is 16.5. The molecule has 0 spiro atoms. The Morgan fingerprint density at radius 3 is 1.22 bits per heavy atom. The van der Waals surface area contributed by atoms with Crippen LogP contribution < -0.4 is 0 Å². The largest absolute Gasteiger partial charge is 0.461 e. The lowest BCUT2D eigenvalue weighted by atomic mass is 10.0. The van der Waals surface area contributed by atoms with Gasteiger partial charge in [0.05, 0.1) is 6.61 Å². The van der Waals surface area contributed by atoms with Gasteiger partial charge in [-0.2, -0.15) is 0 Å². The molecule has 3 nitrogen and oxygen atoms in total. The van der Waals surface area contributed by atoms with E-state index >= 15 is 0 Å². The summed E-state index contributed by atoms with van der Waals surface area (Å²) in [6.45, 7) is 2.81. The molecule has 0 saturated carbocycles. The number of hydrogen-bond acceptors (Lipinski definition) is 3. The summed E-state index contributed by atoms with van der Waals surface area (Å²) in [5.74, 6) is -0.305. The summed E-state index contributed by atoms with van der Waals surface area (Å²) < 4.78 is 5.28. The number of ether oxygens (including phenoxy) is 1. The molecule has 0 aliphatic rings. The van der Waals surface area contributed by atoms with Gasteiger partial charge in [0.25, 0.3) is 0 Å². The molecule has 214 valence electrons. The summed E-state index contributed by atoms with van der Waals surface area (Å²) >= 11 is 0. The molecule has 0 bridgehead atoms. The van der Waals surface area contributed by atoms with Crippen molar-refractivity contribution in [1.82, 2.24) is 4.98 Å². The first-order valence-electron chi connectivity index (χ1n) is 16.4. The smallest absolute Gasteiger partial charge is 0.356 e. The number of unbranched alkanes of at least 4 members (excludes halogenated alkanes) is 25. The lowest BCUT2D eigenvalue weighted by molar-refractivity contribution is 0.0490. The fourth-order valence-electron chi connectivity index (χ4n) is 5.14. The zero-order valence-corrected chi connectivity index (χ0v) is 24.7. The highest BCUT2D eigenvalue weighted by molar-refractivity contribution is 5.87. The Labute approximate surface area is 231 Å². The molecular formula is C34H61NO2. The maximum atomic E-state index is 11.8. The fraction of sp³-hybridized carbons (Fsp3) is 0.824. The second-order valence-electron chi connectivity index (χ2n) is 11.2. The summed E-state index contributed by atoms with van der Waals surface area (Å²) in [7, 11) is 0. The van der Waals surface area contributed by atoms with Gasteiger partial charge >= 0.3 is 5.97 Å². The van der Waals surface area contributed by atoms with E-state index < -0.39 is 0 Å². The molecule has 1 heterocycles. The summed E-state index contributed by atoms with van der Waals surface area (Å²) in [6, 6.07) is 5.31. The lowest BCUT2D eigenvalue weighted by Gasteiger charge is -2.05. The van der Waals surface area contributed by atoms with Crippen LogP contribution >= 0.6 is 0 Å². The van der Waals surface area contributed by atoms with Crippen molar-refractivity contribution in [3.05, 3.63) is 30.1 Å². The number of esters is 1. The van der Waals surface area contributed by atoms with E-state index in [1.54, 1.807) is 18.3 Å². The number of nitrogens with zero attached hydrogens (tertiary/aromatic N) is 1. The maximum Gasteiger partial charge on any atom is 0.356 e. The van der Waals surface area contributed by atoms with Crippen LogP contribution in [0.2, 0.25) is 0 Å². The Bertz CT molecular complexity index is 589. The highest BCUT2D eigenvalue weighted by Gasteiger charge is 2.06. The van der Waals surface area contributed by atoms with Gasteiger partial charge in [0.2, 0.25) is 0 Å². The minimum absolute atomic E-state index is 0.305. The molecule has 0 aliphatic heterocycles. The Balaban J connectivity index is 1.66. The summed E-state index contributed by atoms with van der Waals surface area (Å²) in [4.78, 5) is 15.8. The van der Waals surface area contributed by atoms with Gasteiger partial charge in [-0.3, -0.25) is 0 Å². The first-order chi connectivity index (χ1) is 18.3. The normalized spacial score (nSPS) is 11.2. The van der Waals surface area contributed by atoms with E-state index in [-0.39, 0.29) is 5.97 Å². The van der Waals surface area contributed by atoms with Gasteiger partial charge in [-0.15, -0.1) is 0 Å². The minimum atomic E-state index is -0.305. The maximum absolute atomic E-state index is 11.8. The summed E-state index contributed by atoms with van der Waals surface area (Å²) in [5.41, 5.74) is 0.400. The molecular weight excluding hydrogens is 454 g/mol. The van der Waals surface area contributed by atoms with Gasteiger partial charge in [0.1, 0.15) is 5.69 Å². The topological polar surface area (TPSA) is 39.2 Å². The van der Waals surface area contributed by atoms with Crippen molar-refractivity contribution < 1.29 is 9.53 Å². The van der Waals surface area contributed by atoms with Crippen molar-refractivity contribution in [3.8, 4) is 0 Å². The van der Waals surface area contributed by atoms with Gasteiger partial charge in [-0.05, 0) is 18.6 Å². The van der Waals surface area contributed by atoms with Crippen molar-refractivity contribution in [3.63, 3.8) is 0 Å². The van der Waals surface area contributed by atoms with E-state index in [2.05, 4.69) is 11.9 Å². The number of rotatable bonds is 28. The second kappa shape index (κ2) is 27.6. The molecule has 0 N–H and O–H groups in total. The van der Waals surface area contributed by atoms with Crippen molar-refractivity contribution in [2.75, 3.05) is 6.61 Å². The average Bonchev–Trinajstić information content (AvgIpc) is 2.93. The van der Waals surface area contributed by atoms with Gasteiger partial charge in [-0.1, -0.05) is 174 Å². The van der Waals surface area contributed by atoms with Gasteiger partial charge in [-0.25, -0.2) is 9.78 Å². The molecule has 0 aromatic carbocycles. The summed E-state index contributed by atoms with van der Waals surface area (Å²) in [5, 5.41) is 0. The summed E-state index contributed by atoms with van der Waals surface area (Å²) in [6.07, 6.45) is 38.0. The van der Waals surface area contributed by atoms with Crippen LogP contribution in [0.3, 0.4) is 0 Å². The number of pyridine rings is 1. The second-order valence-corrected chi connectivity index (χ2v) is 11.2. The van der Waals surface area contributed by atoms with E-state index in [0.29, 0.717) is 12.3 Å². The number of aromatic nitrogens is 1. The van der Waals surface area contributed by atoms with Gasteiger partial charge in [0, 0.05) is 6.20 Å². The van der Waals surface area contributed by atoms with Crippen LogP contribution in [0.4, 0.5) is 0 Å². The predicted molar refractivity (Wildman–Crippen MR) is 160 cm³/mol. The molecule has 0 aliphatic carbocycles. The molecule has 0 radical (unpaired) electrons. The standard InChI is InChI=1S/C34H61NO2/c1-2-3-4-5-6-7-8-9-10-11-12-13-14-15-16-17-18-19-20-21-22-23-24-25-26-29-32-37-34(36)33-30-27-28-31-35-33/h27-28,30-31H,2-26,29,32H2,1H3. The number of carbonyl (C=O) groups is 1. The van der Waals surface area contributed by atoms with Crippen molar-refractivity contribution in [2.45, 2.75) is 174 Å². The SMILES string of the molecule is CCCCCCCCCCCCCCCCCCCCCCCCCCCCOC(=O)c1ccccn1. The zero-order valence-electron chi connectivity index (χ0n) is 24.7. The predicted octanol–water partition coefficient (Wildman–Crippen LogP) is 11.4. The Kier molecular flexibility index (Phi) is 25.1.